The maximum Gasteiger partial charge on any atom is 0.145 e. The average molecular weight is 252 g/mol. The Morgan fingerprint density at radius 2 is 2.29 bits per heavy atom. The normalized spacial score (nSPS) is 19.1. The molecule has 94 valence electrons. The number of aromatic nitrogens is 1. The molecule has 0 bridgehead atoms. The summed E-state index contributed by atoms with van der Waals surface area (Å²) in [5.74, 6) is 0.399. The van der Waals surface area contributed by atoms with Gasteiger partial charge in [0.2, 0.25) is 0 Å². The number of carbonyl (C=O) groups is 1. The molecule has 0 aromatic carbocycles. The molecule has 0 radical (unpaired) electrons. The van der Waals surface area contributed by atoms with E-state index < -0.39 is 0 Å². The molecule has 1 N–H and O–H groups in total. The monoisotopic (exact) mass is 252 g/mol. The van der Waals surface area contributed by atoms with Crippen molar-refractivity contribution in [3.05, 3.63) is 16.6 Å². The molecule has 1 aromatic heterocycles. The van der Waals surface area contributed by atoms with Crippen molar-refractivity contribution in [1.82, 2.24) is 10.3 Å². The molecular weight excluding hydrogens is 232 g/mol. The fourth-order valence-electron chi connectivity index (χ4n) is 2.72. The highest BCUT2D eigenvalue weighted by molar-refractivity contribution is 7.09. The van der Waals surface area contributed by atoms with Gasteiger partial charge in [0.1, 0.15) is 5.78 Å². The third-order valence-electron chi connectivity index (χ3n) is 3.68. The van der Waals surface area contributed by atoms with Crippen molar-refractivity contribution in [2.75, 3.05) is 13.1 Å². The first kappa shape index (κ1) is 12.7. The highest BCUT2D eigenvalue weighted by Crippen LogP contribution is 2.36. The van der Waals surface area contributed by atoms with Crippen LogP contribution in [0.2, 0.25) is 0 Å². The van der Waals surface area contributed by atoms with Gasteiger partial charge in [-0.15, -0.1) is 11.3 Å². The van der Waals surface area contributed by atoms with Gasteiger partial charge in [0.25, 0.3) is 0 Å². The molecule has 3 nitrogen and oxygen atoms in total. The van der Waals surface area contributed by atoms with Crippen LogP contribution in [0.25, 0.3) is 0 Å². The first-order valence-electron chi connectivity index (χ1n) is 6.39. The third-order valence-corrected chi connectivity index (χ3v) is 4.46. The largest absolute Gasteiger partial charge is 0.317 e. The zero-order valence-corrected chi connectivity index (χ0v) is 11.2. The Morgan fingerprint density at radius 1 is 1.53 bits per heavy atom. The van der Waals surface area contributed by atoms with Crippen LogP contribution in [0.1, 0.15) is 37.6 Å². The van der Waals surface area contributed by atoms with Crippen LogP contribution in [0.4, 0.5) is 0 Å². The molecule has 0 amide bonds. The lowest BCUT2D eigenvalue weighted by Crippen LogP contribution is -2.42. The molecule has 1 aliphatic heterocycles. The molecule has 1 saturated heterocycles. The van der Waals surface area contributed by atoms with Gasteiger partial charge in [0.15, 0.2) is 0 Å². The average Bonchev–Trinajstić information content (AvgIpc) is 2.83. The van der Waals surface area contributed by atoms with Crippen molar-refractivity contribution in [3.8, 4) is 0 Å². The van der Waals surface area contributed by atoms with Crippen molar-refractivity contribution in [2.24, 2.45) is 5.41 Å². The van der Waals surface area contributed by atoms with Crippen molar-refractivity contribution >= 4 is 17.1 Å². The lowest BCUT2D eigenvalue weighted by atomic mass is 9.71. The van der Waals surface area contributed by atoms with Crippen LogP contribution in [-0.2, 0) is 11.2 Å². The summed E-state index contributed by atoms with van der Waals surface area (Å²) in [6.45, 7) is 4.12. The lowest BCUT2D eigenvalue weighted by molar-refractivity contribution is -0.130. The number of piperidine rings is 1. The van der Waals surface area contributed by atoms with Crippen LogP contribution in [0.5, 0.6) is 0 Å². The van der Waals surface area contributed by atoms with Gasteiger partial charge in [0, 0.05) is 17.0 Å². The number of Topliss-reactive ketones (excluding diaryl/α,β-unsaturated/α-hetero) is 1. The van der Waals surface area contributed by atoms with Crippen molar-refractivity contribution < 1.29 is 4.79 Å². The number of rotatable bonds is 5. The second-order valence-electron chi connectivity index (χ2n) is 4.81. The Balaban J connectivity index is 2.06. The maximum atomic E-state index is 12.5. The van der Waals surface area contributed by atoms with Crippen LogP contribution in [0, 0.1) is 5.41 Å². The van der Waals surface area contributed by atoms with E-state index in [2.05, 4.69) is 17.2 Å². The van der Waals surface area contributed by atoms with Gasteiger partial charge in [-0.2, -0.15) is 0 Å². The van der Waals surface area contributed by atoms with Crippen LogP contribution >= 0.6 is 11.3 Å². The van der Waals surface area contributed by atoms with E-state index in [1.165, 1.54) is 0 Å². The molecule has 1 fully saturated rings. The van der Waals surface area contributed by atoms with E-state index in [0.717, 1.165) is 43.8 Å². The molecule has 2 heterocycles. The number of carbonyl (C=O) groups excluding carboxylic acids is 1. The van der Waals surface area contributed by atoms with E-state index >= 15 is 0 Å². The number of hydrogen-bond donors (Lipinski definition) is 1. The Kier molecular flexibility index (Phi) is 4.29. The summed E-state index contributed by atoms with van der Waals surface area (Å²) in [6.07, 6.45) is 6.40. The molecule has 1 aliphatic rings. The standard InChI is InChI=1S/C13H20N2OS/c1-2-3-13(4-6-14-7-5-13)11(16)10-12-15-8-9-17-12/h8-9,14H,2-7,10H2,1H3. The van der Waals surface area contributed by atoms with E-state index in [9.17, 15) is 4.79 Å². The molecule has 2 rings (SSSR count). The molecule has 0 unspecified atom stereocenters. The highest BCUT2D eigenvalue weighted by Gasteiger charge is 2.38. The maximum absolute atomic E-state index is 12.5. The van der Waals surface area contributed by atoms with Gasteiger partial charge in [-0.1, -0.05) is 13.3 Å². The quantitative estimate of drug-likeness (QED) is 0.875. The number of nitrogens with zero attached hydrogens (tertiary/aromatic N) is 1. The number of nitrogens with one attached hydrogen (secondary N) is 1. The van der Waals surface area contributed by atoms with E-state index in [-0.39, 0.29) is 5.41 Å². The van der Waals surface area contributed by atoms with Crippen molar-refractivity contribution in [1.29, 1.82) is 0 Å². The Labute approximate surface area is 107 Å². The van der Waals surface area contributed by atoms with Gasteiger partial charge in [-0.25, -0.2) is 4.98 Å². The minimum Gasteiger partial charge on any atom is -0.317 e. The molecule has 4 heteroatoms. The minimum atomic E-state index is -0.0777. The first-order chi connectivity index (χ1) is 8.27. The van der Waals surface area contributed by atoms with E-state index in [0.29, 0.717) is 12.2 Å². The summed E-state index contributed by atoms with van der Waals surface area (Å²) >= 11 is 1.58. The third kappa shape index (κ3) is 2.93. The second-order valence-corrected chi connectivity index (χ2v) is 5.79. The highest BCUT2D eigenvalue weighted by atomic mass is 32.1. The van der Waals surface area contributed by atoms with Gasteiger partial charge in [0.05, 0.1) is 11.4 Å². The Bertz CT molecular complexity index is 350. The van der Waals surface area contributed by atoms with Crippen LogP contribution < -0.4 is 5.32 Å². The smallest absolute Gasteiger partial charge is 0.145 e. The minimum absolute atomic E-state index is 0.0777. The number of hydrogen-bond acceptors (Lipinski definition) is 4. The molecule has 0 aliphatic carbocycles. The second kappa shape index (κ2) is 5.74. The van der Waals surface area contributed by atoms with E-state index in [1.54, 1.807) is 17.5 Å². The SMILES string of the molecule is CCCC1(C(=O)Cc2nccs2)CCNCC1. The molecule has 0 atom stereocenters. The Morgan fingerprint density at radius 3 is 2.88 bits per heavy atom. The topological polar surface area (TPSA) is 42.0 Å². The summed E-state index contributed by atoms with van der Waals surface area (Å²) in [7, 11) is 0. The summed E-state index contributed by atoms with van der Waals surface area (Å²) < 4.78 is 0. The summed E-state index contributed by atoms with van der Waals surface area (Å²) in [6, 6.07) is 0. The predicted octanol–water partition coefficient (Wildman–Crippen LogP) is 2.42. The molecule has 17 heavy (non-hydrogen) atoms. The molecular formula is C13H20N2OS. The van der Waals surface area contributed by atoms with Gasteiger partial charge < -0.3 is 5.32 Å². The fourth-order valence-corrected chi connectivity index (χ4v) is 3.33. The van der Waals surface area contributed by atoms with Gasteiger partial charge in [-0.3, -0.25) is 4.79 Å². The van der Waals surface area contributed by atoms with Crippen molar-refractivity contribution in [3.63, 3.8) is 0 Å². The summed E-state index contributed by atoms with van der Waals surface area (Å²) in [4.78, 5) is 16.7. The first-order valence-corrected chi connectivity index (χ1v) is 7.27. The van der Waals surface area contributed by atoms with E-state index in [4.69, 9.17) is 0 Å². The number of ketones is 1. The lowest BCUT2D eigenvalue weighted by Gasteiger charge is -2.36. The fraction of sp³-hybridized carbons (Fsp3) is 0.692. The van der Waals surface area contributed by atoms with Gasteiger partial charge >= 0.3 is 0 Å². The van der Waals surface area contributed by atoms with Crippen molar-refractivity contribution in [2.45, 2.75) is 39.0 Å². The molecule has 1 aromatic rings. The van der Waals surface area contributed by atoms with Gasteiger partial charge in [-0.05, 0) is 32.4 Å². The predicted molar refractivity (Wildman–Crippen MR) is 70.3 cm³/mol. The Hall–Kier alpha value is -0.740. The number of thiazole rings is 1. The summed E-state index contributed by atoms with van der Waals surface area (Å²) in [5.41, 5.74) is -0.0777. The zero-order valence-electron chi connectivity index (χ0n) is 10.4. The van der Waals surface area contributed by atoms with Crippen LogP contribution in [0.3, 0.4) is 0 Å². The van der Waals surface area contributed by atoms with Crippen LogP contribution in [0.15, 0.2) is 11.6 Å². The summed E-state index contributed by atoms with van der Waals surface area (Å²) in [5, 5.41) is 6.25. The molecule has 0 saturated carbocycles. The van der Waals surface area contributed by atoms with Crippen LogP contribution in [-0.4, -0.2) is 23.9 Å². The van der Waals surface area contributed by atoms with E-state index in [1.807, 2.05) is 5.38 Å². The zero-order chi connectivity index (χ0) is 12.1. The molecule has 0 spiro atoms.